The quantitative estimate of drug-likeness (QED) is 0.751. The number of benzene rings is 1. The molecule has 1 aliphatic rings. The summed E-state index contributed by atoms with van der Waals surface area (Å²) >= 11 is 0. The number of rotatable bonds is 2. The molecule has 2 rings (SSSR count). The highest BCUT2D eigenvalue weighted by molar-refractivity contribution is 5.67. The topological polar surface area (TPSA) is 61.8 Å². The molecule has 0 amide bonds. The summed E-state index contributed by atoms with van der Waals surface area (Å²) in [7, 11) is 0. The van der Waals surface area contributed by atoms with Crippen molar-refractivity contribution < 1.29 is 23.8 Å². The average Bonchev–Trinajstić information content (AvgIpc) is 2.27. The van der Waals surface area contributed by atoms with Crippen molar-refractivity contribution in [2.75, 3.05) is 0 Å². The van der Waals surface area contributed by atoms with E-state index in [9.17, 15) is 9.59 Å². The van der Waals surface area contributed by atoms with Gasteiger partial charge in [-0.1, -0.05) is 18.2 Å². The summed E-state index contributed by atoms with van der Waals surface area (Å²) in [5.41, 5.74) is 0.788. The Kier molecular flexibility index (Phi) is 3.50. The van der Waals surface area contributed by atoms with Gasteiger partial charge in [-0.3, -0.25) is 9.59 Å². The van der Waals surface area contributed by atoms with E-state index < -0.39 is 18.4 Å². The second-order valence-corrected chi connectivity index (χ2v) is 4.03. The molecule has 1 aromatic rings. The van der Waals surface area contributed by atoms with E-state index in [0.717, 1.165) is 5.56 Å². The number of hydrogen-bond donors (Lipinski definition) is 0. The third-order valence-electron chi connectivity index (χ3n) is 2.54. The number of hydrogen-bond acceptors (Lipinski definition) is 5. The maximum atomic E-state index is 11.1. The molecule has 96 valence electrons. The van der Waals surface area contributed by atoms with Gasteiger partial charge in [0.1, 0.15) is 11.9 Å². The summed E-state index contributed by atoms with van der Waals surface area (Å²) in [6.45, 7) is 2.66. The van der Waals surface area contributed by atoms with E-state index in [-0.39, 0.29) is 5.97 Å². The van der Waals surface area contributed by atoms with Gasteiger partial charge in [-0.05, 0) is 6.07 Å². The minimum absolute atomic E-state index is 0.302. The molecule has 0 aromatic heterocycles. The largest absolute Gasteiger partial charge is 0.457 e. The van der Waals surface area contributed by atoms with Gasteiger partial charge >= 0.3 is 11.9 Å². The van der Waals surface area contributed by atoms with Crippen LogP contribution in [-0.4, -0.2) is 18.2 Å². The molecule has 0 saturated heterocycles. The Hall–Kier alpha value is -2.04. The number of carbonyl (C=O) groups excluding carboxylic acids is 2. The molecule has 1 aromatic carbocycles. The van der Waals surface area contributed by atoms with E-state index in [1.165, 1.54) is 13.8 Å². The minimum Gasteiger partial charge on any atom is -0.457 e. The number of carbonyl (C=O) groups is 2. The van der Waals surface area contributed by atoms with Gasteiger partial charge in [0.05, 0.1) is 6.42 Å². The predicted octanol–water partition coefficient (Wildman–Crippen LogP) is 1.96. The van der Waals surface area contributed by atoms with Crippen molar-refractivity contribution in [2.24, 2.45) is 0 Å². The van der Waals surface area contributed by atoms with Crippen molar-refractivity contribution in [2.45, 2.75) is 32.7 Å². The summed E-state index contributed by atoms with van der Waals surface area (Å²) in [5, 5.41) is 0. The molecule has 1 heterocycles. The van der Waals surface area contributed by atoms with Gasteiger partial charge in [-0.15, -0.1) is 0 Å². The molecule has 5 heteroatoms. The molecule has 0 fully saturated rings. The smallest absolute Gasteiger partial charge is 0.305 e. The first kappa shape index (κ1) is 12.4. The summed E-state index contributed by atoms with van der Waals surface area (Å²) in [6.07, 6.45) is -0.866. The Labute approximate surface area is 105 Å². The van der Waals surface area contributed by atoms with Crippen LogP contribution >= 0.6 is 0 Å². The Bertz CT molecular complexity index is 468. The molecule has 2 atom stereocenters. The van der Waals surface area contributed by atoms with E-state index in [2.05, 4.69) is 0 Å². The van der Waals surface area contributed by atoms with Gasteiger partial charge in [0.2, 0.25) is 6.29 Å². The maximum Gasteiger partial charge on any atom is 0.305 e. The predicted molar refractivity (Wildman–Crippen MR) is 61.7 cm³/mol. The highest BCUT2D eigenvalue weighted by atomic mass is 16.7. The fraction of sp³-hybridized carbons (Fsp3) is 0.385. The van der Waals surface area contributed by atoms with Crippen LogP contribution < -0.4 is 4.74 Å². The lowest BCUT2D eigenvalue weighted by atomic mass is 10.0. The molecule has 1 aliphatic heterocycles. The van der Waals surface area contributed by atoms with Crippen molar-refractivity contribution in [1.29, 1.82) is 0 Å². The lowest BCUT2D eigenvalue weighted by Crippen LogP contribution is -2.31. The van der Waals surface area contributed by atoms with Gasteiger partial charge in [-0.25, -0.2) is 0 Å². The number of ether oxygens (including phenoxy) is 3. The first-order valence-electron chi connectivity index (χ1n) is 5.66. The second-order valence-electron chi connectivity index (χ2n) is 4.03. The van der Waals surface area contributed by atoms with Crippen molar-refractivity contribution in [3.63, 3.8) is 0 Å². The average molecular weight is 250 g/mol. The van der Waals surface area contributed by atoms with Crippen LogP contribution in [0.5, 0.6) is 5.75 Å². The molecule has 0 bridgehead atoms. The van der Waals surface area contributed by atoms with Crippen LogP contribution in [-0.2, 0) is 19.1 Å². The van der Waals surface area contributed by atoms with Crippen LogP contribution in [0.3, 0.4) is 0 Å². The SMILES string of the molecule is CC(=O)OC1CC(OC(C)=O)c2ccccc2O1. The van der Waals surface area contributed by atoms with E-state index >= 15 is 0 Å². The zero-order chi connectivity index (χ0) is 13.1. The number of esters is 2. The summed E-state index contributed by atoms with van der Waals surface area (Å²) in [4.78, 5) is 22.0. The van der Waals surface area contributed by atoms with Crippen LogP contribution in [0.25, 0.3) is 0 Å². The van der Waals surface area contributed by atoms with Crippen molar-refractivity contribution in [3.05, 3.63) is 29.8 Å². The highest BCUT2D eigenvalue weighted by Gasteiger charge is 2.31. The Balaban J connectivity index is 2.23. The lowest BCUT2D eigenvalue weighted by Gasteiger charge is -2.30. The van der Waals surface area contributed by atoms with Gasteiger partial charge in [0, 0.05) is 19.4 Å². The second kappa shape index (κ2) is 5.08. The number of para-hydroxylation sites is 1. The fourth-order valence-corrected chi connectivity index (χ4v) is 1.91. The molecular weight excluding hydrogens is 236 g/mol. The van der Waals surface area contributed by atoms with Gasteiger partial charge in [0.15, 0.2) is 0 Å². The molecule has 0 radical (unpaired) electrons. The van der Waals surface area contributed by atoms with Crippen LogP contribution in [0.1, 0.15) is 31.9 Å². The third-order valence-corrected chi connectivity index (χ3v) is 2.54. The molecule has 18 heavy (non-hydrogen) atoms. The van der Waals surface area contributed by atoms with Gasteiger partial charge in [0.25, 0.3) is 0 Å². The maximum absolute atomic E-state index is 11.1. The molecule has 0 N–H and O–H groups in total. The molecule has 0 aliphatic carbocycles. The number of fused-ring (bicyclic) bond motifs is 1. The van der Waals surface area contributed by atoms with Gasteiger partial charge in [-0.2, -0.15) is 0 Å². The van der Waals surface area contributed by atoms with Crippen molar-refractivity contribution in [3.8, 4) is 5.75 Å². The van der Waals surface area contributed by atoms with E-state index in [1.807, 2.05) is 12.1 Å². The highest BCUT2D eigenvalue weighted by Crippen LogP contribution is 2.37. The molecule has 2 unspecified atom stereocenters. The van der Waals surface area contributed by atoms with Crippen molar-refractivity contribution >= 4 is 11.9 Å². The van der Waals surface area contributed by atoms with Crippen LogP contribution in [0.2, 0.25) is 0 Å². The van der Waals surface area contributed by atoms with Crippen LogP contribution in [0.15, 0.2) is 24.3 Å². The zero-order valence-corrected chi connectivity index (χ0v) is 10.2. The minimum atomic E-state index is -0.721. The Morgan fingerprint density at radius 2 is 1.83 bits per heavy atom. The summed E-state index contributed by atoms with van der Waals surface area (Å²) in [6, 6.07) is 7.22. The Morgan fingerprint density at radius 3 is 2.50 bits per heavy atom. The molecular formula is C13H14O5. The van der Waals surface area contributed by atoms with Crippen LogP contribution in [0.4, 0.5) is 0 Å². The van der Waals surface area contributed by atoms with E-state index in [0.29, 0.717) is 12.2 Å². The molecule has 0 spiro atoms. The summed E-state index contributed by atoms with van der Waals surface area (Å²) < 4.78 is 15.7. The first-order chi connectivity index (χ1) is 8.56. The van der Waals surface area contributed by atoms with Crippen LogP contribution in [0, 0.1) is 0 Å². The van der Waals surface area contributed by atoms with E-state index in [4.69, 9.17) is 14.2 Å². The van der Waals surface area contributed by atoms with E-state index in [1.54, 1.807) is 12.1 Å². The Morgan fingerprint density at radius 1 is 1.17 bits per heavy atom. The zero-order valence-electron chi connectivity index (χ0n) is 10.2. The fourth-order valence-electron chi connectivity index (χ4n) is 1.91. The standard InChI is InChI=1S/C13H14O5/c1-8(14)16-12-7-13(17-9(2)15)18-11-6-4-3-5-10(11)12/h3-6,12-13H,7H2,1-2H3. The summed E-state index contributed by atoms with van der Waals surface area (Å²) in [5.74, 6) is -0.236. The van der Waals surface area contributed by atoms with Crippen molar-refractivity contribution in [1.82, 2.24) is 0 Å². The van der Waals surface area contributed by atoms with Gasteiger partial charge < -0.3 is 14.2 Å². The monoisotopic (exact) mass is 250 g/mol. The third kappa shape index (κ3) is 2.80. The normalized spacial score (nSPS) is 21.4. The molecule has 5 nitrogen and oxygen atoms in total. The lowest BCUT2D eigenvalue weighted by molar-refractivity contribution is -0.172. The molecule has 0 saturated carbocycles. The first-order valence-corrected chi connectivity index (χ1v) is 5.66.